The van der Waals surface area contributed by atoms with Crippen molar-refractivity contribution in [2.75, 3.05) is 38.5 Å². The summed E-state index contributed by atoms with van der Waals surface area (Å²) in [6.45, 7) is 8.34. The Kier molecular flexibility index (Phi) is 3.90. The van der Waals surface area contributed by atoms with Gasteiger partial charge in [-0.3, -0.25) is 9.80 Å². The highest BCUT2D eigenvalue weighted by Crippen LogP contribution is 2.39. The van der Waals surface area contributed by atoms with Crippen molar-refractivity contribution < 1.29 is 0 Å². The number of rotatable bonds is 2. The molecular weight excluding hydrogens is 242 g/mol. The first-order valence-electron chi connectivity index (χ1n) is 7.57. The van der Waals surface area contributed by atoms with E-state index >= 15 is 0 Å². The van der Waals surface area contributed by atoms with Gasteiger partial charge < -0.3 is 5.73 Å². The van der Waals surface area contributed by atoms with Crippen molar-refractivity contribution in [2.24, 2.45) is 5.73 Å². The fourth-order valence-corrected chi connectivity index (χ4v) is 5.54. The molecule has 0 aromatic heterocycles. The van der Waals surface area contributed by atoms with E-state index in [4.69, 9.17) is 5.73 Å². The molecule has 3 aliphatic heterocycles. The van der Waals surface area contributed by atoms with Gasteiger partial charge in [-0.25, -0.2) is 0 Å². The molecule has 0 radical (unpaired) electrons. The van der Waals surface area contributed by atoms with E-state index < -0.39 is 0 Å². The van der Waals surface area contributed by atoms with Crippen LogP contribution < -0.4 is 5.73 Å². The predicted molar refractivity (Wildman–Crippen MR) is 79.1 cm³/mol. The molecule has 3 unspecified atom stereocenters. The smallest absolute Gasteiger partial charge is 0.0448 e. The first kappa shape index (κ1) is 13.2. The third-order valence-electron chi connectivity index (χ3n) is 5.45. The van der Waals surface area contributed by atoms with Crippen LogP contribution in [0.3, 0.4) is 0 Å². The highest BCUT2D eigenvalue weighted by Gasteiger charge is 2.45. The first-order chi connectivity index (χ1) is 8.76. The Morgan fingerprint density at radius 3 is 2.94 bits per heavy atom. The van der Waals surface area contributed by atoms with Crippen LogP contribution in [0.2, 0.25) is 0 Å². The highest BCUT2D eigenvalue weighted by molar-refractivity contribution is 8.00. The van der Waals surface area contributed by atoms with Crippen LogP contribution in [0.5, 0.6) is 0 Å². The highest BCUT2D eigenvalue weighted by atomic mass is 32.2. The standard InChI is InChI=1S/C14H27N3S/c1-12-14(11-15,5-3-9-18-12)17-8-7-16-6-2-4-13(16)10-17/h12-13H,2-11,15H2,1H3. The van der Waals surface area contributed by atoms with Crippen molar-refractivity contribution in [2.45, 2.75) is 49.4 Å². The summed E-state index contributed by atoms with van der Waals surface area (Å²) >= 11 is 2.13. The predicted octanol–water partition coefficient (Wildman–Crippen LogP) is 1.38. The zero-order chi connectivity index (χ0) is 12.6. The van der Waals surface area contributed by atoms with Crippen LogP contribution in [0.15, 0.2) is 0 Å². The van der Waals surface area contributed by atoms with Gasteiger partial charge in [0, 0.05) is 43.0 Å². The molecule has 3 aliphatic rings. The number of hydrogen-bond acceptors (Lipinski definition) is 4. The Hall–Kier alpha value is 0.230. The molecule has 0 saturated carbocycles. The molecule has 3 fully saturated rings. The van der Waals surface area contributed by atoms with Crippen LogP contribution >= 0.6 is 11.8 Å². The monoisotopic (exact) mass is 269 g/mol. The lowest BCUT2D eigenvalue weighted by Gasteiger charge is -2.53. The van der Waals surface area contributed by atoms with E-state index in [1.54, 1.807) is 0 Å². The number of hydrogen-bond donors (Lipinski definition) is 1. The van der Waals surface area contributed by atoms with E-state index in [-0.39, 0.29) is 5.54 Å². The number of nitrogens with zero attached hydrogens (tertiary/aromatic N) is 2. The molecule has 3 saturated heterocycles. The topological polar surface area (TPSA) is 32.5 Å². The van der Waals surface area contributed by atoms with Crippen molar-refractivity contribution in [3.63, 3.8) is 0 Å². The van der Waals surface area contributed by atoms with Crippen LogP contribution in [-0.4, -0.2) is 65.1 Å². The van der Waals surface area contributed by atoms with Gasteiger partial charge in [0.2, 0.25) is 0 Å². The van der Waals surface area contributed by atoms with Crippen molar-refractivity contribution in [3.05, 3.63) is 0 Å². The molecule has 3 atom stereocenters. The normalized spacial score (nSPS) is 43.0. The molecule has 3 nitrogen and oxygen atoms in total. The second-order valence-electron chi connectivity index (χ2n) is 6.20. The van der Waals surface area contributed by atoms with Gasteiger partial charge in [0.25, 0.3) is 0 Å². The molecule has 4 heteroatoms. The van der Waals surface area contributed by atoms with Crippen LogP contribution in [0.4, 0.5) is 0 Å². The molecule has 0 aliphatic carbocycles. The van der Waals surface area contributed by atoms with Crippen LogP contribution in [-0.2, 0) is 0 Å². The first-order valence-corrected chi connectivity index (χ1v) is 8.62. The van der Waals surface area contributed by atoms with E-state index in [1.165, 1.54) is 57.6 Å². The molecular formula is C14H27N3S. The number of nitrogens with two attached hydrogens (primary N) is 1. The summed E-state index contributed by atoms with van der Waals surface area (Å²) in [6, 6.07) is 0.821. The van der Waals surface area contributed by atoms with Gasteiger partial charge in [-0.1, -0.05) is 6.92 Å². The van der Waals surface area contributed by atoms with E-state index in [0.29, 0.717) is 5.25 Å². The Bertz CT molecular complexity index is 299. The minimum absolute atomic E-state index is 0.289. The number of thioether (sulfide) groups is 1. The fraction of sp³-hybridized carbons (Fsp3) is 1.00. The Morgan fingerprint density at radius 2 is 2.17 bits per heavy atom. The molecule has 0 spiro atoms. The summed E-state index contributed by atoms with van der Waals surface area (Å²) in [5.41, 5.74) is 6.52. The summed E-state index contributed by atoms with van der Waals surface area (Å²) in [5, 5.41) is 0.698. The van der Waals surface area contributed by atoms with Crippen LogP contribution in [0, 0.1) is 0 Å². The molecule has 0 bridgehead atoms. The third kappa shape index (κ3) is 2.11. The Morgan fingerprint density at radius 1 is 1.28 bits per heavy atom. The molecule has 18 heavy (non-hydrogen) atoms. The fourth-order valence-electron chi connectivity index (χ4n) is 4.20. The molecule has 0 aromatic carbocycles. The lowest BCUT2D eigenvalue weighted by molar-refractivity contribution is 0.0119. The van der Waals surface area contributed by atoms with E-state index in [0.717, 1.165) is 12.6 Å². The Labute approximate surface area is 115 Å². The summed E-state index contributed by atoms with van der Waals surface area (Å²) in [6.07, 6.45) is 5.46. The van der Waals surface area contributed by atoms with Gasteiger partial charge >= 0.3 is 0 Å². The van der Waals surface area contributed by atoms with Gasteiger partial charge in [-0.15, -0.1) is 0 Å². The average molecular weight is 269 g/mol. The maximum atomic E-state index is 6.23. The van der Waals surface area contributed by atoms with Gasteiger partial charge in [-0.05, 0) is 38.0 Å². The molecule has 2 N–H and O–H groups in total. The van der Waals surface area contributed by atoms with E-state index in [2.05, 4.69) is 28.5 Å². The maximum Gasteiger partial charge on any atom is 0.0448 e. The lowest BCUT2D eigenvalue weighted by Crippen LogP contribution is -2.66. The van der Waals surface area contributed by atoms with Gasteiger partial charge in [0.1, 0.15) is 0 Å². The minimum atomic E-state index is 0.289. The molecule has 0 amide bonds. The zero-order valence-electron chi connectivity index (χ0n) is 11.6. The van der Waals surface area contributed by atoms with Crippen LogP contribution in [0.25, 0.3) is 0 Å². The molecule has 0 aromatic rings. The van der Waals surface area contributed by atoms with Gasteiger partial charge in [0.05, 0.1) is 0 Å². The second kappa shape index (κ2) is 5.31. The summed E-state index contributed by atoms with van der Waals surface area (Å²) in [7, 11) is 0. The number of piperazine rings is 1. The molecule has 3 heterocycles. The summed E-state index contributed by atoms with van der Waals surface area (Å²) in [4.78, 5) is 5.46. The largest absolute Gasteiger partial charge is 0.329 e. The summed E-state index contributed by atoms with van der Waals surface area (Å²) in [5.74, 6) is 1.33. The van der Waals surface area contributed by atoms with Crippen LogP contribution in [0.1, 0.15) is 32.6 Å². The zero-order valence-corrected chi connectivity index (χ0v) is 12.4. The minimum Gasteiger partial charge on any atom is -0.329 e. The summed E-state index contributed by atoms with van der Waals surface area (Å²) < 4.78 is 0. The van der Waals surface area contributed by atoms with Gasteiger partial charge in [0.15, 0.2) is 0 Å². The average Bonchev–Trinajstić information content (AvgIpc) is 2.87. The number of fused-ring (bicyclic) bond motifs is 1. The SMILES string of the molecule is CC1SCCCC1(CN)N1CCN2CCCC2C1. The maximum absolute atomic E-state index is 6.23. The Balaban J connectivity index is 1.75. The lowest BCUT2D eigenvalue weighted by atomic mass is 9.86. The van der Waals surface area contributed by atoms with Crippen molar-refractivity contribution >= 4 is 11.8 Å². The second-order valence-corrected chi connectivity index (χ2v) is 7.65. The van der Waals surface area contributed by atoms with Gasteiger partial charge in [-0.2, -0.15) is 11.8 Å². The quantitative estimate of drug-likeness (QED) is 0.821. The van der Waals surface area contributed by atoms with Crippen molar-refractivity contribution in [1.82, 2.24) is 9.80 Å². The van der Waals surface area contributed by atoms with Crippen molar-refractivity contribution in [3.8, 4) is 0 Å². The van der Waals surface area contributed by atoms with E-state index in [1.807, 2.05) is 0 Å². The molecule has 104 valence electrons. The van der Waals surface area contributed by atoms with Crippen molar-refractivity contribution in [1.29, 1.82) is 0 Å². The third-order valence-corrected chi connectivity index (χ3v) is 6.91. The molecule has 3 rings (SSSR count). The van der Waals surface area contributed by atoms with E-state index in [9.17, 15) is 0 Å².